The molecule has 0 N–H and O–H groups in total. The van der Waals surface area contributed by atoms with E-state index in [1.165, 1.54) is 19.2 Å². The molecule has 3 aliphatic heterocycles. The lowest BCUT2D eigenvalue weighted by Gasteiger charge is -2.37. The van der Waals surface area contributed by atoms with Crippen LogP contribution in [0.15, 0.2) is 48.5 Å². The molecule has 0 saturated carbocycles. The van der Waals surface area contributed by atoms with E-state index in [4.69, 9.17) is 9.47 Å². The Morgan fingerprint density at radius 3 is 2.44 bits per heavy atom. The maximum absolute atomic E-state index is 15.0. The Bertz CT molecular complexity index is 1140. The largest absolute Gasteiger partial charge is 0.453 e. The molecule has 3 saturated heterocycles. The summed E-state index contributed by atoms with van der Waals surface area (Å²) >= 11 is 0. The third-order valence-electron chi connectivity index (χ3n) is 8.53. The highest BCUT2D eigenvalue weighted by atomic mass is 19.1. The number of ether oxygens (including phenoxy) is 2. The minimum absolute atomic E-state index is 0.0405. The highest BCUT2D eigenvalue weighted by Crippen LogP contribution is 2.38. The number of likely N-dealkylation sites (tertiary alicyclic amines) is 1. The number of carbonyl (C=O) groups is 2. The van der Waals surface area contributed by atoms with Crippen molar-refractivity contribution in [3.63, 3.8) is 0 Å². The van der Waals surface area contributed by atoms with Crippen molar-refractivity contribution in [3.05, 3.63) is 71.3 Å². The van der Waals surface area contributed by atoms with Gasteiger partial charge in [0.05, 0.1) is 19.1 Å². The van der Waals surface area contributed by atoms with Crippen LogP contribution in [0.25, 0.3) is 0 Å². The van der Waals surface area contributed by atoms with E-state index >= 15 is 0 Å². The van der Waals surface area contributed by atoms with E-state index in [1.54, 1.807) is 4.90 Å². The minimum atomic E-state index is -0.627. The first-order valence-corrected chi connectivity index (χ1v) is 13.9. The normalized spacial score (nSPS) is 25.3. The van der Waals surface area contributed by atoms with Crippen LogP contribution in [0.1, 0.15) is 48.8 Å². The summed E-state index contributed by atoms with van der Waals surface area (Å²) < 4.78 is 39.4. The Kier molecular flexibility index (Phi) is 8.77. The Balaban J connectivity index is 1.37. The number of rotatable bonds is 4. The molecule has 39 heavy (non-hydrogen) atoms. The molecule has 0 bridgehead atoms. The second kappa shape index (κ2) is 12.4. The number of carbonyl (C=O) groups excluding carboxylic acids is 2. The number of hydrogen-bond acceptors (Lipinski definition) is 5. The molecule has 2 aromatic carbocycles. The summed E-state index contributed by atoms with van der Waals surface area (Å²) in [6.07, 6.45) is 2.73. The lowest BCUT2D eigenvalue weighted by atomic mass is 9.87. The summed E-state index contributed by atoms with van der Waals surface area (Å²) in [6, 6.07) is 13.7. The van der Waals surface area contributed by atoms with Gasteiger partial charge in [0.15, 0.2) is 0 Å². The third kappa shape index (κ3) is 6.09. The van der Waals surface area contributed by atoms with E-state index in [2.05, 4.69) is 4.90 Å². The fourth-order valence-corrected chi connectivity index (χ4v) is 6.49. The monoisotopic (exact) mass is 541 g/mol. The molecular formula is C30H37F2N3O4. The van der Waals surface area contributed by atoms with Crippen LogP contribution in [0.3, 0.4) is 0 Å². The first kappa shape index (κ1) is 27.5. The van der Waals surface area contributed by atoms with Crippen LogP contribution in [0.5, 0.6) is 0 Å². The Hall–Kier alpha value is -3.04. The van der Waals surface area contributed by atoms with Crippen LogP contribution in [0.4, 0.5) is 13.6 Å². The van der Waals surface area contributed by atoms with Crippen LogP contribution in [-0.2, 0) is 14.3 Å². The molecular weight excluding hydrogens is 504 g/mol. The average Bonchev–Trinajstić information content (AvgIpc) is 3.39. The lowest BCUT2D eigenvalue weighted by Crippen LogP contribution is -2.48. The maximum atomic E-state index is 15.0. The zero-order valence-electron chi connectivity index (χ0n) is 22.4. The van der Waals surface area contributed by atoms with Gasteiger partial charge in [-0.2, -0.15) is 0 Å². The summed E-state index contributed by atoms with van der Waals surface area (Å²) in [5.74, 6) is -2.11. The molecule has 2 aromatic rings. The van der Waals surface area contributed by atoms with Crippen LogP contribution in [0.2, 0.25) is 0 Å². The van der Waals surface area contributed by atoms with E-state index in [-0.39, 0.29) is 23.9 Å². The van der Waals surface area contributed by atoms with Crippen LogP contribution in [0, 0.1) is 17.6 Å². The summed E-state index contributed by atoms with van der Waals surface area (Å²) in [5.41, 5.74) is 1.43. The zero-order valence-corrected chi connectivity index (χ0v) is 22.4. The van der Waals surface area contributed by atoms with Gasteiger partial charge in [0.1, 0.15) is 11.6 Å². The van der Waals surface area contributed by atoms with E-state index < -0.39 is 23.6 Å². The van der Waals surface area contributed by atoms with Crippen LogP contribution >= 0.6 is 0 Å². The standard InChI is InChI=1S/C30H37F2N3O4/c1-38-30(37)35-15-14-33(13-5-8-28(35)21-6-3-2-4-7-21)29(36)26-20-34(23-11-16-39-17-12-23)19-25(26)24-10-9-22(31)18-27(24)32/h2-4,6-7,9-10,18,23,25-26,28H,5,8,11-17,19-20H2,1H3/t25-,26+,28?/m0/s1. The van der Waals surface area contributed by atoms with E-state index in [0.29, 0.717) is 64.3 Å². The van der Waals surface area contributed by atoms with E-state index in [9.17, 15) is 18.4 Å². The molecule has 210 valence electrons. The van der Waals surface area contributed by atoms with Crippen molar-refractivity contribution in [3.8, 4) is 0 Å². The molecule has 7 nitrogen and oxygen atoms in total. The van der Waals surface area contributed by atoms with Gasteiger partial charge >= 0.3 is 6.09 Å². The van der Waals surface area contributed by atoms with Gasteiger partial charge in [0.25, 0.3) is 0 Å². The number of methoxy groups -OCH3 is 1. The highest BCUT2D eigenvalue weighted by molar-refractivity contribution is 5.81. The number of hydrogen-bond donors (Lipinski definition) is 0. The molecule has 3 aliphatic rings. The van der Waals surface area contributed by atoms with Gasteiger partial charge in [0.2, 0.25) is 5.91 Å². The Morgan fingerprint density at radius 1 is 0.949 bits per heavy atom. The van der Waals surface area contributed by atoms with Crippen molar-refractivity contribution < 1.29 is 27.8 Å². The van der Waals surface area contributed by atoms with Crippen molar-refractivity contribution in [2.75, 3.05) is 53.0 Å². The van der Waals surface area contributed by atoms with Crippen molar-refractivity contribution in [2.24, 2.45) is 5.92 Å². The predicted octanol–water partition coefficient (Wildman–Crippen LogP) is 4.59. The second-order valence-corrected chi connectivity index (χ2v) is 10.7. The summed E-state index contributed by atoms with van der Waals surface area (Å²) in [5, 5.41) is 0. The van der Waals surface area contributed by atoms with Crippen molar-refractivity contribution in [1.82, 2.24) is 14.7 Å². The van der Waals surface area contributed by atoms with E-state index in [0.717, 1.165) is 24.5 Å². The SMILES string of the molecule is COC(=O)N1CCN(C(=O)[C@@H]2CN(C3CCOCC3)C[C@H]2c2ccc(F)cc2F)CCCC1c1ccccc1. The first-order chi connectivity index (χ1) is 19.0. The number of halogens is 2. The Morgan fingerprint density at radius 2 is 1.72 bits per heavy atom. The lowest BCUT2D eigenvalue weighted by molar-refractivity contribution is -0.136. The molecule has 1 unspecified atom stereocenters. The predicted molar refractivity (Wildman–Crippen MR) is 142 cm³/mol. The van der Waals surface area contributed by atoms with Gasteiger partial charge in [0, 0.05) is 64.0 Å². The topological polar surface area (TPSA) is 62.3 Å². The number of benzene rings is 2. The molecule has 0 radical (unpaired) electrons. The van der Waals surface area contributed by atoms with E-state index in [1.807, 2.05) is 35.2 Å². The molecule has 3 fully saturated rings. The second-order valence-electron chi connectivity index (χ2n) is 10.7. The number of nitrogens with zero attached hydrogens (tertiary/aromatic N) is 3. The molecule has 0 spiro atoms. The zero-order chi connectivity index (χ0) is 27.4. The van der Waals surface area contributed by atoms with Crippen LogP contribution in [-0.4, -0.2) is 85.8 Å². The fraction of sp³-hybridized carbons (Fsp3) is 0.533. The molecule has 3 heterocycles. The summed E-state index contributed by atoms with van der Waals surface area (Å²) in [6.45, 7) is 3.68. The molecule has 3 atom stereocenters. The molecule has 0 aliphatic carbocycles. The number of amides is 2. The van der Waals surface area contributed by atoms with Crippen molar-refractivity contribution in [2.45, 2.75) is 43.7 Å². The van der Waals surface area contributed by atoms with Crippen molar-refractivity contribution in [1.29, 1.82) is 0 Å². The quantitative estimate of drug-likeness (QED) is 0.567. The van der Waals surface area contributed by atoms with Gasteiger partial charge in [-0.05, 0) is 42.9 Å². The first-order valence-electron chi connectivity index (χ1n) is 13.9. The van der Waals surface area contributed by atoms with Gasteiger partial charge in [-0.15, -0.1) is 0 Å². The molecule has 2 amide bonds. The summed E-state index contributed by atoms with van der Waals surface area (Å²) in [7, 11) is 1.37. The van der Waals surface area contributed by atoms with Crippen molar-refractivity contribution >= 4 is 12.0 Å². The van der Waals surface area contributed by atoms with Gasteiger partial charge in [-0.1, -0.05) is 36.4 Å². The third-order valence-corrected chi connectivity index (χ3v) is 8.53. The minimum Gasteiger partial charge on any atom is -0.453 e. The summed E-state index contributed by atoms with van der Waals surface area (Å²) in [4.78, 5) is 32.7. The maximum Gasteiger partial charge on any atom is 0.410 e. The van der Waals surface area contributed by atoms with Gasteiger partial charge in [-0.3, -0.25) is 14.6 Å². The molecule has 5 rings (SSSR count). The van der Waals surface area contributed by atoms with Gasteiger partial charge < -0.3 is 14.4 Å². The van der Waals surface area contributed by atoms with Crippen LogP contribution < -0.4 is 0 Å². The molecule has 9 heteroatoms. The van der Waals surface area contributed by atoms with Gasteiger partial charge in [-0.25, -0.2) is 13.6 Å². The average molecular weight is 542 g/mol. The smallest absolute Gasteiger partial charge is 0.410 e. The fourth-order valence-electron chi connectivity index (χ4n) is 6.49. The molecule has 0 aromatic heterocycles. The highest BCUT2D eigenvalue weighted by Gasteiger charge is 2.44. The Labute approximate surface area is 228 Å².